The van der Waals surface area contributed by atoms with E-state index in [1.807, 2.05) is 13.8 Å². The van der Waals surface area contributed by atoms with E-state index in [1.165, 1.54) is 0 Å². The van der Waals surface area contributed by atoms with Crippen LogP contribution in [0.1, 0.15) is 53.4 Å². The molecule has 0 aromatic carbocycles. The van der Waals surface area contributed by atoms with Gasteiger partial charge in [0.25, 0.3) is 0 Å². The average Bonchev–Trinajstić information content (AvgIpc) is 3.32. The number of hydrogen-bond acceptors (Lipinski definition) is 5. The molecule has 2 atom stereocenters. The van der Waals surface area contributed by atoms with Gasteiger partial charge in [0.1, 0.15) is 12.1 Å². The zero-order valence-corrected chi connectivity index (χ0v) is 15.2. The van der Waals surface area contributed by atoms with Crippen LogP contribution in [0.25, 0.3) is 5.53 Å². The molecule has 1 N–H and O–H groups in total. The van der Waals surface area contributed by atoms with Crippen LogP contribution in [0.3, 0.4) is 0 Å². The summed E-state index contributed by atoms with van der Waals surface area (Å²) in [5, 5.41) is 2.64. The van der Waals surface area contributed by atoms with Crippen molar-refractivity contribution in [3.8, 4) is 0 Å². The first-order valence-corrected chi connectivity index (χ1v) is 8.61. The van der Waals surface area contributed by atoms with Crippen LogP contribution >= 0.6 is 0 Å². The van der Waals surface area contributed by atoms with E-state index >= 15 is 0 Å². The second kappa shape index (κ2) is 10.1. The number of carbonyl (C=O) groups is 3. The van der Waals surface area contributed by atoms with Gasteiger partial charge in [0, 0.05) is 6.42 Å². The first kappa shape index (κ1) is 21.0. The molecule has 25 heavy (non-hydrogen) atoms. The van der Waals surface area contributed by atoms with Gasteiger partial charge in [-0.15, -0.1) is 0 Å². The molecule has 8 heteroatoms. The van der Waals surface area contributed by atoms with E-state index in [1.54, 1.807) is 13.8 Å². The normalized spacial score (nSPS) is 16.1. The number of esters is 1. The van der Waals surface area contributed by atoms with Gasteiger partial charge < -0.3 is 20.3 Å². The lowest BCUT2D eigenvalue weighted by atomic mass is 10.0. The highest BCUT2D eigenvalue weighted by atomic mass is 16.5. The Labute approximate surface area is 147 Å². The monoisotopic (exact) mass is 353 g/mol. The van der Waals surface area contributed by atoms with E-state index in [4.69, 9.17) is 15.0 Å². The average molecular weight is 353 g/mol. The van der Waals surface area contributed by atoms with Crippen molar-refractivity contribution in [1.29, 1.82) is 0 Å². The third kappa shape index (κ3) is 8.05. The number of nitrogens with one attached hydrogen (secondary N) is 1. The molecular formula is C17H27N3O5. The molecule has 0 aromatic heterocycles. The Kier molecular flexibility index (Phi) is 8.45. The van der Waals surface area contributed by atoms with Crippen LogP contribution in [0, 0.1) is 5.92 Å². The fourth-order valence-electron chi connectivity index (χ4n) is 2.17. The summed E-state index contributed by atoms with van der Waals surface area (Å²) >= 11 is 0. The summed E-state index contributed by atoms with van der Waals surface area (Å²) < 4.78 is 10.9. The fourth-order valence-corrected chi connectivity index (χ4v) is 2.17. The second-order valence-corrected chi connectivity index (χ2v) is 6.80. The van der Waals surface area contributed by atoms with Gasteiger partial charge in [-0.3, -0.25) is 9.59 Å². The lowest BCUT2D eigenvalue weighted by Crippen LogP contribution is -2.49. The molecule has 0 bridgehead atoms. The highest BCUT2D eigenvalue weighted by molar-refractivity contribution is 6.25. The molecule has 8 nitrogen and oxygen atoms in total. The van der Waals surface area contributed by atoms with Gasteiger partial charge in [0.15, 0.2) is 0 Å². The summed E-state index contributed by atoms with van der Waals surface area (Å²) in [6.45, 7) is 7.14. The molecule has 0 saturated heterocycles. The Morgan fingerprint density at radius 2 is 1.88 bits per heavy atom. The molecule has 1 saturated carbocycles. The quantitative estimate of drug-likeness (QED) is 0.260. The van der Waals surface area contributed by atoms with Crippen LogP contribution in [0.5, 0.6) is 0 Å². The molecule has 0 heterocycles. The topological polar surface area (TPSA) is 118 Å². The number of hydrogen-bond donors (Lipinski definition) is 1. The van der Waals surface area contributed by atoms with Crippen molar-refractivity contribution in [1.82, 2.24) is 5.32 Å². The molecule has 0 radical (unpaired) electrons. The second-order valence-electron chi connectivity index (χ2n) is 6.80. The van der Waals surface area contributed by atoms with E-state index in [0.29, 0.717) is 0 Å². The minimum Gasteiger partial charge on any atom is -0.461 e. The van der Waals surface area contributed by atoms with Crippen molar-refractivity contribution in [2.24, 2.45) is 5.92 Å². The minimum absolute atomic E-state index is 0.0504. The van der Waals surface area contributed by atoms with Gasteiger partial charge in [-0.2, -0.15) is 4.79 Å². The Hall–Kier alpha value is -2.05. The van der Waals surface area contributed by atoms with Gasteiger partial charge in [-0.1, -0.05) is 13.8 Å². The number of ether oxygens (including phenoxy) is 2. The molecule has 1 aliphatic carbocycles. The van der Waals surface area contributed by atoms with Crippen LogP contribution in [-0.2, 0) is 23.9 Å². The van der Waals surface area contributed by atoms with E-state index in [9.17, 15) is 14.4 Å². The summed E-state index contributed by atoms with van der Waals surface area (Å²) in [6, 6.07) is -0.963. The number of Topliss-reactive ketones (excluding diaryl/α,β-unsaturated/α-hetero) is 1. The highest BCUT2D eigenvalue weighted by Crippen LogP contribution is 2.27. The van der Waals surface area contributed by atoms with Crippen LogP contribution in [0.4, 0.5) is 0 Å². The van der Waals surface area contributed by atoms with Gasteiger partial charge in [0.05, 0.1) is 12.2 Å². The Morgan fingerprint density at radius 1 is 1.24 bits per heavy atom. The van der Waals surface area contributed by atoms with E-state index < -0.39 is 29.8 Å². The smallest absolute Gasteiger partial charge is 0.328 e. The molecule has 0 unspecified atom stereocenters. The van der Waals surface area contributed by atoms with Crippen molar-refractivity contribution in [3.63, 3.8) is 0 Å². The van der Waals surface area contributed by atoms with E-state index in [-0.39, 0.29) is 31.0 Å². The first-order valence-electron chi connectivity index (χ1n) is 8.61. The Balaban J connectivity index is 2.74. The van der Waals surface area contributed by atoms with Crippen molar-refractivity contribution in [2.45, 2.75) is 77.7 Å². The van der Waals surface area contributed by atoms with Gasteiger partial charge in [0.2, 0.25) is 11.7 Å². The van der Waals surface area contributed by atoms with Gasteiger partial charge >= 0.3 is 12.2 Å². The van der Waals surface area contributed by atoms with Crippen LogP contribution in [-0.4, -0.2) is 53.0 Å². The molecule has 0 aromatic rings. The van der Waals surface area contributed by atoms with Crippen LogP contribution in [0.15, 0.2) is 0 Å². The van der Waals surface area contributed by atoms with Crippen LogP contribution in [0.2, 0.25) is 0 Å². The largest absolute Gasteiger partial charge is 0.461 e. The highest BCUT2D eigenvalue weighted by Gasteiger charge is 2.34. The number of nitrogens with zero attached hydrogens (tertiary/aromatic N) is 2. The zero-order valence-electron chi connectivity index (χ0n) is 15.2. The van der Waals surface area contributed by atoms with E-state index in [0.717, 1.165) is 19.1 Å². The van der Waals surface area contributed by atoms with Crippen molar-refractivity contribution < 1.29 is 28.6 Å². The van der Waals surface area contributed by atoms with Gasteiger partial charge in [-0.05, 0) is 39.0 Å². The molecule has 0 spiro atoms. The molecular weight excluding hydrogens is 326 g/mol. The maximum Gasteiger partial charge on any atom is 0.328 e. The summed E-state index contributed by atoms with van der Waals surface area (Å²) in [7, 11) is 0. The zero-order chi connectivity index (χ0) is 19.0. The minimum atomic E-state index is -0.963. The lowest BCUT2D eigenvalue weighted by molar-refractivity contribution is -0.153. The Morgan fingerprint density at radius 3 is 2.36 bits per heavy atom. The summed E-state index contributed by atoms with van der Waals surface area (Å²) in [5.41, 5.74) is 8.37. The SMILES string of the molecule is CC(C)OC(=O)[C@H](CCC(=O)C=[N+]=[N-])NC(=O)[C@@H](OC1CC1)C(C)C. The van der Waals surface area contributed by atoms with Crippen molar-refractivity contribution in [3.05, 3.63) is 5.53 Å². The van der Waals surface area contributed by atoms with Crippen LogP contribution < -0.4 is 5.32 Å². The molecule has 1 rings (SSSR count). The standard InChI is InChI=1S/C17H27N3O5/c1-10(2)15(25-13-6-7-13)16(22)20-14(17(23)24-11(3)4)8-5-12(21)9-19-18/h9-11,13-15H,5-8H2,1-4H3,(H,20,22)/t14-,15-/m0/s1. The maximum atomic E-state index is 12.5. The number of rotatable bonds is 11. The molecule has 0 aliphatic heterocycles. The Bertz CT molecular complexity index is 536. The third-order valence-corrected chi connectivity index (χ3v) is 3.56. The predicted octanol–water partition coefficient (Wildman–Crippen LogP) is 1.28. The fraction of sp³-hybridized carbons (Fsp3) is 0.765. The molecule has 1 fully saturated rings. The van der Waals surface area contributed by atoms with Crippen molar-refractivity contribution >= 4 is 23.9 Å². The van der Waals surface area contributed by atoms with E-state index in [2.05, 4.69) is 10.1 Å². The maximum absolute atomic E-state index is 12.5. The number of amides is 1. The molecule has 1 amide bonds. The first-order chi connectivity index (χ1) is 11.7. The predicted molar refractivity (Wildman–Crippen MR) is 89.8 cm³/mol. The third-order valence-electron chi connectivity index (χ3n) is 3.56. The molecule has 140 valence electrons. The van der Waals surface area contributed by atoms with Gasteiger partial charge in [-0.25, -0.2) is 4.79 Å². The number of carbonyl (C=O) groups excluding carboxylic acids is 3. The molecule has 1 aliphatic rings. The summed E-state index contributed by atoms with van der Waals surface area (Å²) in [4.78, 5) is 38.9. The summed E-state index contributed by atoms with van der Waals surface area (Å²) in [5.74, 6) is -1.50. The summed E-state index contributed by atoms with van der Waals surface area (Å²) in [6.07, 6.45) is 1.73. The number of ketones is 1. The van der Waals surface area contributed by atoms with Crippen molar-refractivity contribution in [2.75, 3.05) is 0 Å². The lowest BCUT2D eigenvalue weighted by Gasteiger charge is -2.24.